The first kappa shape index (κ1) is 20.9. The number of amides is 2. The van der Waals surface area contributed by atoms with Crippen molar-refractivity contribution in [1.82, 2.24) is 10.2 Å². The van der Waals surface area contributed by atoms with Gasteiger partial charge in [-0.05, 0) is 31.0 Å². The van der Waals surface area contributed by atoms with Crippen LogP contribution >= 0.6 is 0 Å². The van der Waals surface area contributed by atoms with Gasteiger partial charge in [0.15, 0.2) is 13.2 Å². The number of nitrogens with zero attached hydrogens (tertiary/aromatic N) is 1. The van der Waals surface area contributed by atoms with Crippen LogP contribution in [0, 0.1) is 6.92 Å². The summed E-state index contributed by atoms with van der Waals surface area (Å²) < 4.78 is 10.8. The number of fused-ring (bicyclic) bond motifs is 1. The molecule has 1 aromatic carbocycles. The molecule has 2 aromatic rings. The molecule has 1 fully saturated rings. The van der Waals surface area contributed by atoms with E-state index in [1.54, 1.807) is 17.0 Å². The molecule has 0 radical (unpaired) electrons. The van der Waals surface area contributed by atoms with Crippen molar-refractivity contribution >= 4 is 22.8 Å². The Bertz CT molecular complexity index is 932. The summed E-state index contributed by atoms with van der Waals surface area (Å²) in [5.41, 5.74) is 0.869. The second kappa shape index (κ2) is 9.56. The van der Waals surface area contributed by atoms with Crippen LogP contribution in [0.4, 0.5) is 0 Å². The molecule has 0 bridgehead atoms. The van der Waals surface area contributed by atoms with Gasteiger partial charge in [-0.3, -0.25) is 9.59 Å². The van der Waals surface area contributed by atoms with Crippen molar-refractivity contribution in [2.75, 3.05) is 45.9 Å². The van der Waals surface area contributed by atoms with Crippen molar-refractivity contribution < 1.29 is 23.6 Å². The third kappa shape index (κ3) is 5.57. The second-order valence-electron chi connectivity index (χ2n) is 7.35. The first-order valence-corrected chi connectivity index (χ1v) is 10.0. The van der Waals surface area contributed by atoms with E-state index in [-0.39, 0.29) is 18.4 Å². The quantitative estimate of drug-likeness (QED) is 0.622. The second-order valence-corrected chi connectivity index (χ2v) is 7.35. The van der Waals surface area contributed by atoms with E-state index in [0.29, 0.717) is 37.5 Å². The highest BCUT2D eigenvalue weighted by molar-refractivity contribution is 5.82. The summed E-state index contributed by atoms with van der Waals surface area (Å²) >= 11 is 0. The van der Waals surface area contributed by atoms with Gasteiger partial charge < -0.3 is 24.3 Å². The molecule has 8 nitrogen and oxygen atoms in total. The van der Waals surface area contributed by atoms with Crippen LogP contribution in [0.1, 0.15) is 18.9 Å². The van der Waals surface area contributed by atoms with Gasteiger partial charge in [-0.1, -0.05) is 6.92 Å². The van der Waals surface area contributed by atoms with Crippen LogP contribution in [-0.2, 0) is 9.59 Å². The van der Waals surface area contributed by atoms with E-state index in [9.17, 15) is 14.4 Å². The Labute approximate surface area is 169 Å². The van der Waals surface area contributed by atoms with Gasteiger partial charge in [-0.15, -0.1) is 0 Å². The van der Waals surface area contributed by atoms with E-state index in [0.717, 1.165) is 30.5 Å². The zero-order valence-corrected chi connectivity index (χ0v) is 17.0. The fourth-order valence-electron chi connectivity index (χ4n) is 3.43. The van der Waals surface area contributed by atoms with E-state index in [4.69, 9.17) is 9.15 Å². The van der Waals surface area contributed by atoms with E-state index in [2.05, 4.69) is 5.32 Å². The molecule has 2 amide bonds. The Balaban J connectivity index is 1.48. The van der Waals surface area contributed by atoms with E-state index >= 15 is 0 Å². The predicted octanol–water partition coefficient (Wildman–Crippen LogP) is -0.266. The molecular weight excluding hydrogens is 374 g/mol. The van der Waals surface area contributed by atoms with Gasteiger partial charge in [0, 0.05) is 24.1 Å². The molecule has 1 saturated heterocycles. The third-order valence-electron chi connectivity index (χ3n) is 5.09. The van der Waals surface area contributed by atoms with Crippen molar-refractivity contribution in [3.8, 4) is 5.75 Å². The highest BCUT2D eigenvalue weighted by Gasteiger charge is 2.25. The van der Waals surface area contributed by atoms with Crippen molar-refractivity contribution in [3.63, 3.8) is 0 Å². The number of ether oxygens (including phenoxy) is 1. The molecule has 3 rings (SSSR count). The molecule has 2 N–H and O–H groups in total. The number of carbonyl (C=O) groups excluding carboxylic acids is 2. The largest absolute Gasteiger partial charge is 0.484 e. The maximum atomic E-state index is 12.5. The highest BCUT2D eigenvalue weighted by Crippen LogP contribution is 2.22. The first-order valence-electron chi connectivity index (χ1n) is 10.0. The van der Waals surface area contributed by atoms with Crippen molar-refractivity contribution in [1.29, 1.82) is 0 Å². The number of quaternary nitrogens is 1. The molecular formula is C21H28N3O5+. The number of hydrogen-bond donors (Lipinski definition) is 2. The Morgan fingerprint density at radius 3 is 2.72 bits per heavy atom. The summed E-state index contributed by atoms with van der Waals surface area (Å²) in [6, 6.07) is 6.66. The smallest absolute Gasteiger partial charge is 0.336 e. The molecule has 0 aliphatic carbocycles. The number of benzene rings is 1. The molecule has 0 atom stereocenters. The Hall–Kier alpha value is -2.87. The van der Waals surface area contributed by atoms with Gasteiger partial charge in [-0.25, -0.2) is 4.79 Å². The van der Waals surface area contributed by atoms with Crippen molar-refractivity contribution in [3.05, 3.63) is 40.2 Å². The fourth-order valence-corrected chi connectivity index (χ4v) is 3.43. The predicted molar refractivity (Wildman–Crippen MR) is 108 cm³/mol. The molecule has 0 unspecified atom stereocenters. The summed E-state index contributed by atoms with van der Waals surface area (Å²) in [6.07, 6.45) is 0.923. The lowest BCUT2D eigenvalue weighted by Crippen LogP contribution is -3.15. The van der Waals surface area contributed by atoms with Gasteiger partial charge in [0.25, 0.3) is 11.8 Å². The van der Waals surface area contributed by atoms with Crippen molar-refractivity contribution in [2.45, 2.75) is 20.3 Å². The van der Waals surface area contributed by atoms with E-state index in [1.165, 1.54) is 11.0 Å². The topological polar surface area (TPSA) is 93.3 Å². The average Bonchev–Trinajstić information content (AvgIpc) is 2.70. The van der Waals surface area contributed by atoms with Crippen LogP contribution in [0.25, 0.3) is 11.0 Å². The third-order valence-corrected chi connectivity index (χ3v) is 5.09. The number of rotatable bonds is 7. The summed E-state index contributed by atoms with van der Waals surface area (Å²) in [7, 11) is 0. The lowest BCUT2D eigenvalue weighted by atomic mass is 10.1. The van der Waals surface area contributed by atoms with Gasteiger partial charge in [0.2, 0.25) is 0 Å². The van der Waals surface area contributed by atoms with Crippen LogP contribution in [0.5, 0.6) is 5.75 Å². The molecule has 2 heterocycles. The Kier molecular flexibility index (Phi) is 6.87. The van der Waals surface area contributed by atoms with Gasteiger partial charge >= 0.3 is 5.63 Å². The monoisotopic (exact) mass is 402 g/mol. The molecule has 0 spiro atoms. The number of piperazine rings is 1. The standard InChI is InChI=1S/C21H27N3O5/c1-3-6-22-19(25)13-23-7-9-24(10-8-23)20(26)14-28-16-4-5-17-15(2)11-21(27)29-18(17)12-16/h4-5,11-12H,3,6-10,13-14H2,1-2H3,(H,22,25)/p+1. The van der Waals surface area contributed by atoms with Crippen LogP contribution in [0.15, 0.2) is 33.5 Å². The van der Waals surface area contributed by atoms with Gasteiger partial charge in [0.05, 0.1) is 26.2 Å². The van der Waals surface area contributed by atoms with Crippen LogP contribution in [0.3, 0.4) is 0 Å². The molecule has 156 valence electrons. The van der Waals surface area contributed by atoms with E-state index in [1.807, 2.05) is 19.9 Å². The minimum Gasteiger partial charge on any atom is -0.484 e. The number of aryl methyl sites for hydroxylation is 1. The summed E-state index contributed by atoms with van der Waals surface area (Å²) in [5.74, 6) is 0.449. The average molecular weight is 402 g/mol. The molecule has 1 aliphatic rings. The minimum atomic E-state index is -0.410. The Morgan fingerprint density at radius 1 is 1.24 bits per heavy atom. The highest BCUT2D eigenvalue weighted by atomic mass is 16.5. The van der Waals surface area contributed by atoms with E-state index < -0.39 is 5.63 Å². The number of carbonyl (C=O) groups is 2. The molecule has 1 aromatic heterocycles. The summed E-state index contributed by atoms with van der Waals surface area (Å²) in [6.45, 7) is 7.62. The maximum Gasteiger partial charge on any atom is 0.336 e. The molecule has 0 saturated carbocycles. The lowest BCUT2D eigenvalue weighted by molar-refractivity contribution is -0.896. The Morgan fingerprint density at radius 2 is 2.00 bits per heavy atom. The molecule has 29 heavy (non-hydrogen) atoms. The minimum absolute atomic E-state index is 0.0585. The zero-order chi connectivity index (χ0) is 20.8. The normalized spacial score (nSPS) is 14.8. The summed E-state index contributed by atoms with van der Waals surface area (Å²) in [4.78, 5) is 38.8. The van der Waals surface area contributed by atoms with Crippen LogP contribution in [-0.4, -0.2) is 62.6 Å². The van der Waals surface area contributed by atoms with Gasteiger partial charge in [0.1, 0.15) is 11.3 Å². The maximum absolute atomic E-state index is 12.5. The molecule has 8 heteroatoms. The van der Waals surface area contributed by atoms with Crippen molar-refractivity contribution in [2.24, 2.45) is 0 Å². The van der Waals surface area contributed by atoms with Crippen LogP contribution < -0.4 is 20.6 Å². The summed E-state index contributed by atoms with van der Waals surface area (Å²) in [5, 5.41) is 3.72. The number of nitrogens with one attached hydrogen (secondary N) is 2. The lowest BCUT2D eigenvalue weighted by Gasteiger charge is -2.31. The SMILES string of the molecule is CCCNC(=O)C[NH+]1CCN(C(=O)COc2ccc3c(C)cc(=O)oc3c2)CC1. The first-order chi connectivity index (χ1) is 14.0. The van der Waals surface area contributed by atoms with Gasteiger partial charge in [-0.2, -0.15) is 0 Å². The fraction of sp³-hybridized carbons (Fsp3) is 0.476. The zero-order valence-electron chi connectivity index (χ0n) is 17.0. The number of hydrogen-bond acceptors (Lipinski definition) is 5. The molecule has 1 aliphatic heterocycles. The van der Waals surface area contributed by atoms with Crippen LogP contribution in [0.2, 0.25) is 0 Å².